The first-order valence-corrected chi connectivity index (χ1v) is 14.4. The van der Waals surface area contributed by atoms with Gasteiger partial charge in [0.15, 0.2) is 16.7 Å². The maximum Gasteiger partial charge on any atom is 0.573 e. The summed E-state index contributed by atoms with van der Waals surface area (Å²) in [5, 5.41) is 7.25. The van der Waals surface area contributed by atoms with E-state index in [0.717, 1.165) is 17.3 Å². The highest BCUT2D eigenvalue weighted by Gasteiger charge is 2.33. The molecule has 9 nitrogen and oxygen atoms in total. The molecule has 2 heterocycles. The Morgan fingerprint density at radius 3 is 2.57 bits per heavy atom. The minimum absolute atomic E-state index is 0.0540. The standard InChI is InChI=1S/C30H26F4N6O3S/c1-18(2)22-15-21(31)11-12-23(22)40-26(41)16-44-29(40)37-28(42)35-14-13-19-7-9-20(10-8-19)27-36-17-39(38-27)24-5-3-4-6-25(24)43-30(32,33)34/h3-12,15,17-18H,13-14,16H2,1-2H3,(H,35,42). The number of amides is 3. The molecule has 1 saturated heterocycles. The Hall–Kier alpha value is -4.72. The number of hydrogen-bond acceptors (Lipinski definition) is 6. The molecular formula is C30H26F4N6O3S. The van der Waals surface area contributed by atoms with Gasteiger partial charge in [0.1, 0.15) is 17.8 Å². The van der Waals surface area contributed by atoms with Crippen molar-refractivity contribution in [3.05, 3.63) is 90.0 Å². The van der Waals surface area contributed by atoms with Gasteiger partial charge in [-0.25, -0.2) is 18.9 Å². The Morgan fingerprint density at radius 2 is 1.84 bits per heavy atom. The van der Waals surface area contributed by atoms with Gasteiger partial charge in [-0.3, -0.25) is 9.69 Å². The predicted molar refractivity (Wildman–Crippen MR) is 158 cm³/mol. The van der Waals surface area contributed by atoms with Gasteiger partial charge in [0, 0.05) is 12.1 Å². The van der Waals surface area contributed by atoms with E-state index >= 15 is 0 Å². The molecule has 1 aliphatic rings. The van der Waals surface area contributed by atoms with E-state index in [9.17, 15) is 27.2 Å². The monoisotopic (exact) mass is 626 g/mol. The number of urea groups is 1. The molecular weight excluding hydrogens is 600 g/mol. The molecule has 228 valence electrons. The largest absolute Gasteiger partial charge is 0.573 e. The SMILES string of the molecule is CC(C)c1cc(F)ccc1N1C(=O)CSC1=NC(=O)NCCc1ccc(-c2ncn(-c3ccccc3OC(F)(F)F)n2)cc1. The summed E-state index contributed by atoms with van der Waals surface area (Å²) in [6.45, 7) is 4.05. The van der Waals surface area contributed by atoms with E-state index in [4.69, 9.17) is 0 Å². The number of rotatable bonds is 8. The fourth-order valence-corrected chi connectivity index (χ4v) is 5.36. The quantitative estimate of drug-likeness (QED) is 0.225. The highest BCUT2D eigenvalue weighted by molar-refractivity contribution is 8.15. The lowest BCUT2D eigenvalue weighted by Crippen LogP contribution is -2.32. The van der Waals surface area contributed by atoms with E-state index in [2.05, 4.69) is 25.1 Å². The van der Waals surface area contributed by atoms with Gasteiger partial charge in [0.2, 0.25) is 5.91 Å². The molecule has 0 spiro atoms. The molecule has 0 aliphatic carbocycles. The summed E-state index contributed by atoms with van der Waals surface area (Å²) in [5.74, 6) is -0.686. The number of thioether (sulfide) groups is 1. The minimum atomic E-state index is -4.85. The van der Waals surface area contributed by atoms with Crippen LogP contribution >= 0.6 is 11.8 Å². The number of para-hydroxylation sites is 2. The van der Waals surface area contributed by atoms with Crippen molar-refractivity contribution in [2.45, 2.75) is 32.5 Å². The van der Waals surface area contributed by atoms with Crippen LogP contribution in [0.25, 0.3) is 17.1 Å². The number of aliphatic imine (C=N–C) groups is 1. The van der Waals surface area contributed by atoms with E-state index in [1.807, 2.05) is 26.0 Å². The molecule has 0 bridgehead atoms. The van der Waals surface area contributed by atoms with E-state index < -0.39 is 24.0 Å². The van der Waals surface area contributed by atoms with Crippen LogP contribution < -0.4 is 15.0 Å². The molecule has 0 atom stereocenters. The lowest BCUT2D eigenvalue weighted by Gasteiger charge is -2.21. The number of nitrogens with zero attached hydrogens (tertiary/aromatic N) is 5. The van der Waals surface area contributed by atoms with E-state index in [1.165, 1.54) is 52.3 Å². The van der Waals surface area contributed by atoms with Crippen LogP contribution in [0.2, 0.25) is 0 Å². The second-order valence-corrected chi connectivity index (χ2v) is 10.9. The van der Waals surface area contributed by atoms with Gasteiger partial charge in [0.25, 0.3) is 0 Å². The number of ether oxygens (including phenoxy) is 1. The maximum absolute atomic E-state index is 13.9. The molecule has 0 saturated carbocycles. The van der Waals surface area contributed by atoms with Crippen molar-refractivity contribution in [3.63, 3.8) is 0 Å². The summed E-state index contributed by atoms with van der Waals surface area (Å²) in [5.41, 5.74) is 2.76. The van der Waals surface area contributed by atoms with Crippen molar-refractivity contribution in [1.29, 1.82) is 0 Å². The normalized spacial score (nSPS) is 14.5. The highest BCUT2D eigenvalue weighted by Crippen LogP contribution is 2.34. The van der Waals surface area contributed by atoms with Crippen LogP contribution in [0.1, 0.15) is 30.9 Å². The second-order valence-electron chi connectivity index (χ2n) is 9.98. The summed E-state index contributed by atoms with van der Waals surface area (Å²) in [4.78, 5) is 34.9. The van der Waals surface area contributed by atoms with Crippen LogP contribution in [0, 0.1) is 5.82 Å². The third-order valence-electron chi connectivity index (χ3n) is 6.55. The first-order chi connectivity index (χ1) is 21.0. The van der Waals surface area contributed by atoms with Gasteiger partial charge in [-0.2, -0.15) is 4.99 Å². The highest BCUT2D eigenvalue weighted by atomic mass is 32.2. The molecule has 1 N–H and O–H groups in total. The topological polar surface area (TPSA) is 102 Å². The summed E-state index contributed by atoms with van der Waals surface area (Å²) in [6.07, 6.45) is -3.07. The number of carbonyl (C=O) groups excluding carboxylic acids is 2. The molecule has 3 aromatic carbocycles. The summed E-state index contributed by atoms with van der Waals surface area (Å²) < 4.78 is 57.5. The Balaban J connectivity index is 1.20. The average Bonchev–Trinajstić information content (AvgIpc) is 3.60. The number of hydrogen-bond donors (Lipinski definition) is 1. The smallest absolute Gasteiger partial charge is 0.403 e. The molecule has 5 rings (SSSR count). The number of anilines is 1. The number of alkyl halides is 3. The Morgan fingerprint density at radius 1 is 1.09 bits per heavy atom. The maximum atomic E-state index is 13.9. The molecule has 4 aromatic rings. The summed E-state index contributed by atoms with van der Waals surface area (Å²) in [6, 6.07) is 16.4. The van der Waals surface area contributed by atoms with Crippen LogP contribution in [0.4, 0.5) is 28.0 Å². The van der Waals surface area contributed by atoms with E-state index in [0.29, 0.717) is 29.1 Å². The van der Waals surface area contributed by atoms with Gasteiger partial charge in [0.05, 0.1) is 11.4 Å². The number of benzene rings is 3. The zero-order valence-corrected chi connectivity index (χ0v) is 24.3. The molecule has 1 fully saturated rings. The number of halogens is 4. The zero-order chi connectivity index (χ0) is 31.4. The van der Waals surface area contributed by atoms with Crippen molar-refractivity contribution >= 4 is 34.6 Å². The molecule has 1 aromatic heterocycles. The van der Waals surface area contributed by atoms with Crippen molar-refractivity contribution in [2.24, 2.45) is 4.99 Å². The van der Waals surface area contributed by atoms with Crippen molar-refractivity contribution < 1.29 is 31.9 Å². The fourth-order valence-electron chi connectivity index (χ4n) is 4.50. The van der Waals surface area contributed by atoms with Gasteiger partial charge in [-0.1, -0.05) is 62.0 Å². The van der Waals surface area contributed by atoms with Crippen LogP contribution in [0.3, 0.4) is 0 Å². The third-order valence-corrected chi connectivity index (χ3v) is 7.47. The molecule has 1 aliphatic heterocycles. The Bertz CT molecular complexity index is 1710. The third kappa shape index (κ3) is 7.25. The van der Waals surface area contributed by atoms with Crippen molar-refractivity contribution in [1.82, 2.24) is 20.1 Å². The second kappa shape index (κ2) is 12.9. The lowest BCUT2D eigenvalue weighted by atomic mass is 10.0. The lowest BCUT2D eigenvalue weighted by molar-refractivity contribution is -0.274. The van der Waals surface area contributed by atoms with Crippen LogP contribution in [0.15, 0.2) is 78.0 Å². The molecule has 44 heavy (non-hydrogen) atoms. The number of amidine groups is 1. The van der Waals surface area contributed by atoms with Gasteiger partial charge < -0.3 is 10.1 Å². The molecule has 0 radical (unpaired) electrons. The molecule has 14 heteroatoms. The first-order valence-electron chi connectivity index (χ1n) is 13.5. The van der Waals surface area contributed by atoms with Gasteiger partial charge >= 0.3 is 12.4 Å². The van der Waals surface area contributed by atoms with Crippen LogP contribution in [-0.2, 0) is 11.2 Å². The summed E-state index contributed by atoms with van der Waals surface area (Å²) in [7, 11) is 0. The number of carbonyl (C=O) groups is 2. The fraction of sp³-hybridized carbons (Fsp3) is 0.233. The van der Waals surface area contributed by atoms with Crippen molar-refractivity contribution in [2.75, 3.05) is 17.2 Å². The van der Waals surface area contributed by atoms with Gasteiger partial charge in [-0.05, 0) is 53.8 Å². The number of aromatic nitrogens is 3. The minimum Gasteiger partial charge on any atom is -0.403 e. The Labute approximate surface area is 254 Å². The van der Waals surface area contributed by atoms with Crippen LogP contribution in [0.5, 0.6) is 5.75 Å². The van der Waals surface area contributed by atoms with Crippen molar-refractivity contribution in [3.8, 4) is 22.8 Å². The van der Waals surface area contributed by atoms with E-state index in [1.54, 1.807) is 18.2 Å². The Kier molecular flexibility index (Phi) is 8.99. The molecule has 0 unspecified atom stereocenters. The predicted octanol–water partition coefficient (Wildman–Crippen LogP) is 6.48. The van der Waals surface area contributed by atoms with Gasteiger partial charge in [-0.15, -0.1) is 18.3 Å². The molecule has 3 amide bonds. The van der Waals surface area contributed by atoms with E-state index in [-0.39, 0.29) is 35.0 Å². The van der Waals surface area contributed by atoms with Crippen LogP contribution in [-0.4, -0.2) is 50.5 Å². The number of nitrogens with one attached hydrogen (secondary N) is 1. The zero-order valence-electron chi connectivity index (χ0n) is 23.5. The first kappa shape index (κ1) is 30.7. The average molecular weight is 627 g/mol. The summed E-state index contributed by atoms with van der Waals surface area (Å²) >= 11 is 1.14.